The summed E-state index contributed by atoms with van der Waals surface area (Å²) in [5, 5.41) is 20.8. The summed E-state index contributed by atoms with van der Waals surface area (Å²) in [6.07, 6.45) is 7.84. The van der Waals surface area contributed by atoms with E-state index in [1.54, 1.807) is 23.2 Å². The number of piperazine rings is 1. The number of aliphatic hydroxyl groups excluding tert-OH is 1. The van der Waals surface area contributed by atoms with Crippen LogP contribution in [0.15, 0.2) is 18.3 Å². The quantitative estimate of drug-likeness (QED) is 0.279. The number of ether oxygens (including phenoxy) is 3. The van der Waals surface area contributed by atoms with Crippen molar-refractivity contribution in [2.45, 2.75) is 80.9 Å². The Kier molecular flexibility index (Phi) is 8.21. The van der Waals surface area contributed by atoms with Crippen LogP contribution in [0.5, 0.6) is 11.8 Å². The van der Waals surface area contributed by atoms with Crippen LogP contribution in [0.4, 0.5) is 15.0 Å². The molecule has 1 amide bonds. The van der Waals surface area contributed by atoms with Crippen LogP contribution in [-0.4, -0.2) is 111 Å². The predicted molar refractivity (Wildman–Crippen MR) is 175 cm³/mol. The average Bonchev–Trinajstić information content (AvgIpc) is 3.64. The molecular weight excluding hydrogens is 643 g/mol. The Morgan fingerprint density at radius 2 is 1.90 bits per heavy atom. The molecule has 8 rings (SSSR count). The van der Waals surface area contributed by atoms with Crippen LogP contribution >= 0.6 is 11.6 Å². The maximum absolute atomic E-state index is 17.0. The Hall–Kier alpha value is -3.52. The van der Waals surface area contributed by atoms with Gasteiger partial charge in [0.1, 0.15) is 29.4 Å². The number of amides is 1. The van der Waals surface area contributed by atoms with Crippen molar-refractivity contribution < 1.29 is 33.6 Å². The molecule has 4 atom stereocenters. The molecule has 14 heteroatoms. The van der Waals surface area contributed by atoms with Crippen molar-refractivity contribution >= 4 is 34.4 Å². The minimum absolute atomic E-state index is 0.0125. The van der Waals surface area contributed by atoms with Crippen LogP contribution < -0.4 is 14.4 Å². The molecule has 2 N–H and O–H groups in total. The minimum atomic E-state index is -0.920. The third-order valence-electron chi connectivity index (χ3n) is 11.0. The van der Waals surface area contributed by atoms with E-state index >= 15 is 4.39 Å². The fourth-order valence-electron chi connectivity index (χ4n) is 8.69. The average molecular weight is 683 g/mol. The number of anilines is 1. The van der Waals surface area contributed by atoms with Crippen molar-refractivity contribution in [2.75, 3.05) is 51.7 Å². The highest BCUT2D eigenvalue weighted by molar-refractivity contribution is 6.32. The van der Waals surface area contributed by atoms with Crippen LogP contribution in [0.25, 0.3) is 22.2 Å². The number of rotatable bonds is 10. The topological polar surface area (TPSA) is 134 Å². The van der Waals surface area contributed by atoms with Gasteiger partial charge in [-0.15, -0.1) is 0 Å². The summed E-state index contributed by atoms with van der Waals surface area (Å²) < 4.78 is 34.2. The van der Waals surface area contributed by atoms with Gasteiger partial charge in [-0.2, -0.15) is 9.97 Å². The third kappa shape index (κ3) is 5.39. The lowest BCUT2D eigenvalue weighted by Gasteiger charge is -2.40. The van der Waals surface area contributed by atoms with Gasteiger partial charge >= 0.3 is 12.1 Å². The molecule has 256 valence electrons. The summed E-state index contributed by atoms with van der Waals surface area (Å²) in [4.78, 5) is 32.2. The lowest BCUT2D eigenvalue weighted by molar-refractivity contribution is 0.0511. The minimum Gasteiger partial charge on any atom is -0.467 e. The van der Waals surface area contributed by atoms with E-state index in [0.717, 1.165) is 63.5 Å². The highest BCUT2D eigenvalue weighted by atomic mass is 35.5. The maximum atomic E-state index is 17.0. The van der Waals surface area contributed by atoms with Gasteiger partial charge in [0.2, 0.25) is 0 Å². The molecule has 0 spiro atoms. The molecule has 0 radical (unpaired) electrons. The van der Waals surface area contributed by atoms with Crippen LogP contribution in [0.2, 0.25) is 5.02 Å². The van der Waals surface area contributed by atoms with E-state index in [2.05, 4.69) is 14.9 Å². The number of fused-ring (bicyclic) bond motifs is 4. The molecule has 1 aliphatic carbocycles. The van der Waals surface area contributed by atoms with Crippen LogP contribution in [0.3, 0.4) is 0 Å². The molecule has 2 bridgehead atoms. The number of nitrogens with zero attached hydrogens (tertiary/aromatic N) is 6. The van der Waals surface area contributed by atoms with Gasteiger partial charge in [-0.05, 0) is 81.5 Å². The number of pyridine rings is 1. The summed E-state index contributed by atoms with van der Waals surface area (Å²) in [6.45, 7) is 2.19. The summed E-state index contributed by atoms with van der Waals surface area (Å²) >= 11 is 6.77. The molecule has 3 aromatic rings. The van der Waals surface area contributed by atoms with Crippen molar-refractivity contribution in [3.63, 3.8) is 0 Å². The number of benzene rings is 1. The van der Waals surface area contributed by atoms with E-state index in [1.165, 1.54) is 7.11 Å². The fourth-order valence-corrected chi connectivity index (χ4v) is 9.06. The first-order valence-corrected chi connectivity index (χ1v) is 17.3. The van der Waals surface area contributed by atoms with Gasteiger partial charge in [0, 0.05) is 43.0 Å². The van der Waals surface area contributed by atoms with E-state index in [0.29, 0.717) is 47.2 Å². The second-order valence-electron chi connectivity index (χ2n) is 13.9. The molecule has 4 aliphatic heterocycles. The van der Waals surface area contributed by atoms with Crippen molar-refractivity contribution in [1.82, 2.24) is 24.8 Å². The normalized spacial score (nSPS) is 26.8. The molecule has 2 aromatic heterocycles. The Labute approximate surface area is 282 Å². The van der Waals surface area contributed by atoms with Gasteiger partial charge in [0.15, 0.2) is 12.6 Å². The highest BCUT2D eigenvalue weighted by Crippen LogP contribution is 2.50. The van der Waals surface area contributed by atoms with Crippen molar-refractivity contribution in [1.29, 1.82) is 0 Å². The van der Waals surface area contributed by atoms with Gasteiger partial charge in [-0.3, -0.25) is 14.8 Å². The molecular formula is C34H40ClFN6O6. The first-order valence-electron chi connectivity index (χ1n) is 16.9. The monoisotopic (exact) mass is 682 g/mol. The van der Waals surface area contributed by atoms with Crippen molar-refractivity contribution in [3.8, 4) is 23.0 Å². The number of carboxylic acid groups (broad SMARTS) is 1. The fraction of sp³-hybridized carbons (Fsp3) is 0.588. The summed E-state index contributed by atoms with van der Waals surface area (Å²) in [7, 11) is 1.52. The Morgan fingerprint density at radius 1 is 1.10 bits per heavy atom. The molecule has 1 aromatic carbocycles. The number of aromatic nitrogens is 3. The van der Waals surface area contributed by atoms with Crippen molar-refractivity contribution in [3.05, 3.63) is 34.7 Å². The third-order valence-corrected chi connectivity index (χ3v) is 11.4. The van der Waals surface area contributed by atoms with Gasteiger partial charge < -0.3 is 29.3 Å². The largest absolute Gasteiger partial charge is 0.467 e. The zero-order chi connectivity index (χ0) is 33.2. The van der Waals surface area contributed by atoms with Gasteiger partial charge in [-0.25, -0.2) is 9.18 Å². The number of hydrogen-bond acceptors (Lipinski definition) is 10. The summed E-state index contributed by atoms with van der Waals surface area (Å²) in [5.41, 5.74) is 1.35. The first-order chi connectivity index (χ1) is 23.3. The number of hydrogen-bond donors (Lipinski definition) is 2. The Morgan fingerprint density at radius 3 is 2.60 bits per heavy atom. The highest BCUT2D eigenvalue weighted by Gasteiger charge is 2.50. The Bertz CT molecular complexity index is 1730. The zero-order valence-corrected chi connectivity index (χ0v) is 27.7. The second-order valence-corrected chi connectivity index (χ2v) is 14.3. The van der Waals surface area contributed by atoms with E-state index in [-0.39, 0.29) is 60.2 Å². The molecule has 12 nitrogen and oxygen atoms in total. The van der Waals surface area contributed by atoms with Crippen LogP contribution in [-0.2, 0) is 4.74 Å². The van der Waals surface area contributed by atoms with E-state index in [4.69, 9.17) is 30.8 Å². The predicted octanol–water partition coefficient (Wildman–Crippen LogP) is 5.04. The number of carbonyl (C=O) groups is 1. The number of aliphatic hydroxyl groups is 1. The molecule has 6 heterocycles. The summed E-state index contributed by atoms with van der Waals surface area (Å²) in [6, 6.07) is 3.27. The lowest BCUT2D eigenvalue weighted by Crippen LogP contribution is -2.55. The first kappa shape index (κ1) is 31.7. The van der Waals surface area contributed by atoms with E-state index in [9.17, 15) is 15.0 Å². The standard InChI is InChI=1S/C34H40ClFN6O6/c1-46-18-48-23-11-24(27(19-3-4-19)26(35)12-23)29-28(36)30-25(13-37-29)31(40-14-20-5-6-21(15-40)42(20)33(44)45)39-32(38-30)47-17-34-8-2-10-41(34)22(16-43)7-9-34/h11-13,19-22,43H,2-10,14-18H2,1H3,(H,44,45)/t20?,21?,22-,34+/m0/s1. The number of halogens is 2. The molecule has 5 fully saturated rings. The molecule has 2 unspecified atom stereocenters. The second kappa shape index (κ2) is 12.4. The SMILES string of the molecule is COCOc1cc(Cl)c(C2CC2)c(-c2ncc3c(N4CC5CCC(C4)N5C(=O)O)nc(OC[C@]45CCCN4[C@H](CO)CC5)nc3c2F)c1. The molecule has 5 aliphatic rings. The smallest absolute Gasteiger partial charge is 0.407 e. The van der Waals surface area contributed by atoms with E-state index in [1.807, 2.05) is 4.90 Å². The Balaban J connectivity index is 1.22. The van der Waals surface area contributed by atoms with Crippen molar-refractivity contribution in [2.24, 2.45) is 0 Å². The maximum Gasteiger partial charge on any atom is 0.407 e. The van der Waals surface area contributed by atoms with E-state index < -0.39 is 11.9 Å². The molecule has 4 saturated heterocycles. The van der Waals surface area contributed by atoms with Gasteiger partial charge in [-0.1, -0.05) is 11.6 Å². The lowest BCUT2D eigenvalue weighted by atomic mass is 9.95. The molecule has 1 saturated carbocycles. The number of methoxy groups -OCH3 is 1. The zero-order valence-electron chi connectivity index (χ0n) is 26.9. The van der Waals surface area contributed by atoms with Gasteiger partial charge in [0.05, 0.1) is 29.6 Å². The summed E-state index contributed by atoms with van der Waals surface area (Å²) in [5.74, 6) is 0.508. The van der Waals surface area contributed by atoms with Gasteiger partial charge in [0.25, 0.3) is 0 Å². The molecule has 48 heavy (non-hydrogen) atoms. The van der Waals surface area contributed by atoms with Crippen LogP contribution in [0.1, 0.15) is 62.8 Å². The van der Waals surface area contributed by atoms with Crippen LogP contribution in [0, 0.1) is 5.82 Å².